The van der Waals surface area contributed by atoms with Crippen LogP contribution in [-0.4, -0.2) is 27.5 Å². The molecule has 4 heteroatoms. The zero-order valence-corrected chi connectivity index (χ0v) is 10.1. The van der Waals surface area contributed by atoms with Crippen molar-refractivity contribution in [2.45, 2.75) is 32.4 Å². The molecule has 92 valence electrons. The number of aliphatic hydroxyl groups excluding tert-OH is 1. The van der Waals surface area contributed by atoms with E-state index in [2.05, 4.69) is 24.2 Å². The first-order valence-electron chi connectivity index (χ1n) is 6.08. The van der Waals surface area contributed by atoms with Crippen LogP contribution >= 0.6 is 0 Å². The van der Waals surface area contributed by atoms with E-state index >= 15 is 0 Å². The molecule has 0 spiro atoms. The van der Waals surface area contributed by atoms with E-state index in [-0.39, 0.29) is 0 Å². The topological polar surface area (TPSA) is 64.1 Å². The Morgan fingerprint density at radius 2 is 2.18 bits per heavy atom. The molecular formula is C13H19N3O. The van der Waals surface area contributed by atoms with Crippen molar-refractivity contribution in [1.82, 2.24) is 9.78 Å². The van der Waals surface area contributed by atoms with Crippen molar-refractivity contribution in [2.75, 3.05) is 6.54 Å². The minimum atomic E-state index is -0.399. The van der Waals surface area contributed by atoms with Crippen molar-refractivity contribution in [2.24, 2.45) is 5.73 Å². The summed E-state index contributed by atoms with van der Waals surface area (Å²) < 4.78 is 1.97. The van der Waals surface area contributed by atoms with Gasteiger partial charge in [-0.1, -0.05) is 18.2 Å². The second kappa shape index (κ2) is 5.29. The van der Waals surface area contributed by atoms with E-state index in [9.17, 15) is 5.11 Å². The van der Waals surface area contributed by atoms with Gasteiger partial charge in [-0.25, -0.2) is 0 Å². The predicted octanol–water partition coefficient (Wildman–Crippen LogP) is 1.31. The molecule has 4 nitrogen and oxygen atoms in total. The van der Waals surface area contributed by atoms with Gasteiger partial charge >= 0.3 is 0 Å². The second-order valence-corrected chi connectivity index (χ2v) is 4.21. The number of para-hydroxylation sites is 1. The van der Waals surface area contributed by atoms with E-state index in [1.165, 1.54) is 0 Å². The fourth-order valence-electron chi connectivity index (χ4n) is 2.11. The van der Waals surface area contributed by atoms with E-state index in [1.54, 1.807) is 0 Å². The molecule has 0 saturated heterocycles. The molecule has 1 atom stereocenters. The third kappa shape index (κ3) is 2.48. The molecule has 2 aromatic rings. The first-order valence-corrected chi connectivity index (χ1v) is 6.08. The Bertz CT molecular complexity index is 492. The minimum Gasteiger partial charge on any atom is -0.393 e. The molecule has 0 amide bonds. The van der Waals surface area contributed by atoms with E-state index in [1.807, 2.05) is 16.8 Å². The molecule has 0 radical (unpaired) electrons. The molecule has 3 N–H and O–H groups in total. The molecule has 1 aromatic heterocycles. The highest BCUT2D eigenvalue weighted by Crippen LogP contribution is 2.19. The molecule has 1 aromatic carbocycles. The average molecular weight is 233 g/mol. The van der Waals surface area contributed by atoms with Gasteiger partial charge in [-0.3, -0.25) is 4.68 Å². The summed E-state index contributed by atoms with van der Waals surface area (Å²) in [6.45, 7) is 3.42. The second-order valence-electron chi connectivity index (χ2n) is 4.21. The zero-order chi connectivity index (χ0) is 12.3. The molecule has 2 rings (SSSR count). The van der Waals surface area contributed by atoms with Gasteiger partial charge in [0.05, 0.1) is 17.3 Å². The van der Waals surface area contributed by atoms with Crippen LogP contribution in [0.15, 0.2) is 24.3 Å². The van der Waals surface area contributed by atoms with Crippen molar-refractivity contribution in [3.8, 4) is 0 Å². The van der Waals surface area contributed by atoms with Crippen molar-refractivity contribution in [1.29, 1.82) is 0 Å². The molecule has 0 aliphatic carbocycles. The van der Waals surface area contributed by atoms with Gasteiger partial charge in [0.1, 0.15) is 0 Å². The van der Waals surface area contributed by atoms with Crippen molar-refractivity contribution >= 4 is 10.9 Å². The minimum absolute atomic E-state index is 0.399. The highest BCUT2D eigenvalue weighted by atomic mass is 16.3. The van der Waals surface area contributed by atoms with Crippen molar-refractivity contribution < 1.29 is 5.11 Å². The molecule has 17 heavy (non-hydrogen) atoms. The Hall–Kier alpha value is -1.39. The Labute approximate surface area is 101 Å². The van der Waals surface area contributed by atoms with Crippen LogP contribution in [0.4, 0.5) is 0 Å². The van der Waals surface area contributed by atoms with E-state index in [0.717, 1.165) is 23.1 Å². The average Bonchev–Trinajstić information content (AvgIpc) is 2.68. The summed E-state index contributed by atoms with van der Waals surface area (Å²) >= 11 is 0. The summed E-state index contributed by atoms with van der Waals surface area (Å²) in [5.74, 6) is 0. The van der Waals surface area contributed by atoms with E-state index < -0.39 is 6.10 Å². The van der Waals surface area contributed by atoms with Gasteiger partial charge in [-0.15, -0.1) is 0 Å². The Balaban J connectivity index is 2.33. The number of aromatic nitrogens is 2. The maximum Gasteiger partial charge on any atom is 0.0729 e. The maximum atomic E-state index is 9.81. The number of hydrogen-bond acceptors (Lipinski definition) is 3. The van der Waals surface area contributed by atoms with Crippen LogP contribution < -0.4 is 5.73 Å². The van der Waals surface area contributed by atoms with E-state index in [0.29, 0.717) is 19.4 Å². The van der Waals surface area contributed by atoms with Crippen LogP contribution in [-0.2, 0) is 13.0 Å². The molecule has 0 fully saturated rings. The van der Waals surface area contributed by atoms with Crippen LogP contribution in [0.5, 0.6) is 0 Å². The normalized spacial score (nSPS) is 13.1. The fraction of sp³-hybridized carbons (Fsp3) is 0.462. The lowest BCUT2D eigenvalue weighted by atomic mass is 10.1. The summed E-state index contributed by atoms with van der Waals surface area (Å²) in [7, 11) is 0. The lowest BCUT2D eigenvalue weighted by molar-refractivity contribution is 0.166. The van der Waals surface area contributed by atoms with Crippen molar-refractivity contribution in [3.63, 3.8) is 0 Å². The number of aliphatic hydroxyl groups is 1. The predicted molar refractivity (Wildman–Crippen MR) is 68.8 cm³/mol. The van der Waals surface area contributed by atoms with Gasteiger partial charge in [-0.05, 0) is 26.0 Å². The lowest BCUT2D eigenvalue weighted by Crippen LogP contribution is -2.16. The van der Waals surface area contributed by atoms with Crippen LogP contribution in [0.2, 0.25) is 0 Å². The van der Waals surface area contributed by atoms with Crippen LogP contribution in [0.25, 0.3) is 10.9 Å². The lowest BCUT2D eigenvalue weighted by Gasteiger charge is -2.06. The monoisotopic (exact) mass is 233 g/mol. The van der Waals surface area contributed by atoms with Gasteiger partial charge in [0, 0.05) is 18.4 Å². The smallest absolute Gasteiger partial charge is 0.0729 e. The number of aryl methyl sites for hydroxylation is 1. The largest absolute Gasteiger partial charge is 0.393 e. The summed E-state index contributed by atoms with van der Waals surface area (Å²) in [6.07, 6.45) is 0.793. The van der Waals surface area contributed by atoms with Crippen molar-refractivity contribution in [3.05, 3.63) is 30.0 Å². The number of hydrogen-bond donors (Lipinski definition) is 2. The zero-order valence-electron chi connectivity index (χ0n) is 10.1. The van der Waals surface area contributed by atoms with Crippen LogP contribution in [0, 0.1) is 0 Å². The summed E-state index contributed by atoms with van der Waals surface area (Å²) in [5, 5.41) is 15.5. The Kier molecular flexibility index (Phi) is 3.76. The molecule has 0 saturated carbocycles. The number of benzene rings is 1. The van der Waals surface area contributed by atoms with Gasteiger partial charge in [-0.2, -0.15) is 5.10 Å². The van der Waals surface area contributed by atoms with Gasteiger partial charge in [0.2, 0.25) is 0 Å². The van der Waals surface area contributed by atoms with Gasteiger partial charge < -0.3 is 10.8 Å². The summed E-state index contributed by atoms with van der Waals surface area (Å²) in [4.78, 5) is 0. The molecule has 1 heterocycles. The third-order valence-corrected chi connectivity index (χ3v) is 2.96. The summed E-state index contributed by atoms with van der Waals surface area (Å²) in [5.41, 5.74) is 7.53. The maximum absolute atomic E-state index is 9.81. The fourth-order valence-corrected chi connectivity index (χ4v) is 2.11. The Morgan fingerprint density at radius 3 is 2.88 bits per heavy atom. The first kappa shape index (κ1) is 12.1. The molecular weight excluding hydrogens is 214 g/mol. The molecule has 0 aliphatic rings. The van der Waals surface area contributed by atoms with Gasteiger partial charge in [0.15, 0.2) is 0 Å². The number of fused-ring (bicyclic) bond motifs is 1. The number of rotatable bonds is 5. The first-order chi connectivity index (χ1) is 8.26. The highest BCUT2D eigenvalue weighted by molar-refractivity contribution is 5.81. The SMILES string of the molecule is CCn1nc(CC(O)CCN)c2ccccc21. The van der Waals surface area contributed by atoms with E-state index in [4.69, 9.17) is 5.73 Å². The highest BCUT2D eigenvalue weighted by Gasteiger charge is 2.12. The summed E-state index contributed by atoms with van der Waals surface area (Å²) in [6, 6.07) is 8.13. The van der Waals surface area contributed by atoms with Gasteiger partial charge in [0.25, 0.3) is 0 Å². The number of nitrogens with zero attached hydrogens (tertiary/aromatic N) is 2. The molecule has 0 bridgehead atoms. The Morgan fingerprint density at radius 1 is 1.41 bits per heavy atom. The standard InChI is InChI=1S/C13H19N3O/c1-2-16-13-6-4-3-5-11(13)12(15-16)9-10(17)7-8-14/h3-6,10,17H,2,7-9,14H2,1H3. The van der Waals surface area contributed by atoms with Crippen LogP contribution in [0.3, 0.4) is 0 Å². The van der Waals surface area contributed by atoms with Crippen LogP contribution in [0.1, 0.15) is 19.0 Å². The quantitative estimate of drug-likeness (QED) is 0.818. The third-order valence-electron chi connectivity index (χ3n) is 2.96. The molecule has 0 aliphatic heterocycles. The molecule has 1 unspecified atom stereocenters. The number of nitrogens with two attached hydrogens (primary N) is 1.